The summed E-state index contributed by atoms with van der Waals surface area (Å²) in [6.07, 6.45) is 1.77. The van der Waals surface area contributed by atoms with Crippen molar-refractivity contribution in [2.24, 2.45) is 0 Å². The van der Waals surface area contributed by atoms with Gasteiger partial charge in [0.2, 0.25) is 0 Å². The van der Waals surface area contributed by atoms with Gasteiger partial charge >= 0.3 is 0 Å². The average molecular weight is 411 g/mol. The molecule has 1 nitrogen and oxygen atoms in total. The third-order valence-corrected chi connectivity index (χ3v) is 4.96. The predicted molar refractivity (Wildman–Crippen MR) is 121 cm³/mol. The van der Waals surface area contributed by atoms with Crippen LogP contribution >= 0.6 is 23.2 Å². The summed E-state index contributed by atoms with van der Waals surface area (Å²) in [4.78, 5) is 0. The van der Waals surface area contributed by atoms with Gasteiger partial charge in [0, 0.05) is 10.9 Å². The monoisotopic (exact) mass is 410 g/mol. The molecule has 0 radical (unpaired) electrons. The van der Waals surface area contributed by atoms with E-state index in [0.29, 0.717) is 5.88 Å². The number of hydrogen-bond donors (Lipinski definition) is 0. The van der Waals surface area contributed by atoms with Crippen molar-refractivity contribution < 1.29 is 4.74 Å². The Morgan fingerprint density at radius 3 is 1.96 bits per heavy atom. The minimum absolute atomic E-state index is 0.555. The molecule has 0 atom stereocenters. The summed E-state index contributed by atoms with van der Waals surface area (Å²) in [5.74, 6) is 1.44. The van der Waals surface area contributed by atoms with E-state index < -0.39 is 0 Å². The van der Waals surface area contributed by atoms with Crippen molar-refractivity contribution in [3.8, 4) is 5.75 Å². The highest BCUT2D eigenvalue weighted by Gasteiger charge is 2.14. The summed E-state index contributed by atoms with van der Waals surface area (Å²) in [5, 5.41) is 0.727. The van der Waals surface area contributed by atoms with Crippen LogP contribution in [0.4, 0.5) is 0 Å². The highest BCUT2D eigenvalue weighted by molar-refractivity contribution is 6.30. The van der Waals surface area contributed by atoms with Gasteiger partial charge in [-0.2, -0.15) is 0 Å². The maximum Gasteiger partial charge on any atom is 0.119 e. The van der Waals surface area contributed by atoms with Crippen LogP contribution in [0.1, 0.15) is 36.5 Å². The van der Waals surface area contributed by atoms with Crippen LogP contribution in [0.15, 0.2) is 78.9 Å². The van der Waals surface area contributed by atoms with E-state index in [1.165, 1.54) is 16.7 Å². The number of ether oxygens (including phenoxy) is 1. The summed E-state index contributed by atoms with van der Waals surface area (Å²) in [7, 11) is 0. The number of benzene rings is 3. The van der Waals surface area contributed by atoms with Crippen molar-refractivity contribution >= 4 is 34.3 Å². The molecule has 0 aliphatic carbocycles. The molecule has 0 fully saturated rings. The Morgan fingerprint density at radius 1 is 0.786 bits per heavy atom. The standard InChI is InChI=1S/C25H24Cl2O/c1-2-18-28-23-14-10-21(11-15-23)25(20-8-12-22(27)13-9-20)24(16-17-26)19-6-4-3-5-7-19/h3-15H,2,16-18H2,1H3. The van der Waals surface area contributed by atoms with E-state index in [9.17, 15) is 0 Å². The fourth-order valence-corrected chi connectivity index (χ4v) is 3.53. The zero-order valence-corrected chi connectivity index (χ0v) is 17.5. The van der Waals surface area contributed by atoms with Gasteiger partial charge in [-0.05, 0) is 64.9 Å². The second kappa shape index (κ2) is 10.4. The maximum atomic E-state index is 6.20. The van der Waals surface area contributed by atoms with Gasteiger partial charge in [-0.15, -0.1) is 11.6 Å². The highest BCUT2D eigenvalue weighted by atomic mass is 35.5. The predicted octanol–water partition coefficient (Wildman–Crippen LogP) is 7.72. The summed E-state index contributed by atoms with van der Waals surface area (Å²) < 4.78 is 5.75. The minimum Gasteiger partial charge on any atom is -0.494 e. The molecule has 0 aliphatic heterocycles. The number of allylic oxidation sites excluding steroid dienone is 1. The molecule has 0 aliphatic rings. The van der Waals surface area contributed by atoms with E-state index in [-0.39, 0.29) is 0 Å². The molecule has 0 spiro atoms. The molecule has 0 aromatic heterocycles. The molecular formula is C25H24Cl2O. The van der Waals surface area contributed by atoms with Gasteiger partial charge in [-0.3, -0.25) is 0 Å². The van der Waals surface area contributed by atoms with Gasteiger partial charge in [0.15, 0.2) is 0 Å². The van der Waals surface area contributed by atoms with Crippen LogP contribution in [0.2, 0.25) is 5.02 Å². The van der Waals surface area contributed by atoms with Crippen LogP contribution in [-0.4, -0.2) is 12.5 Å². The van der Waals surface area contributed by atoms with Crippen LogP contribution in [0, 0.1) is 0 Å². The quantitative estimate of drug-likeness (QED) is 0.272. The number of alkyl halides is 1. The average Bonchev–Trinajstić information content (AvgIpc) is 2.74. The number of rotatable bonds is 8. The molecule has 0 saturated carbocycles. The Hall–Kier alpha value is -2.22. The topological polar surface area (TPSA) is 9.23 Å². The van der Waals surface area contributed by atoms with E-state index in [1.807, 2.05) is 30.3 Å². The summed E-state index contributed by atoms with van der Waals surface area (Å²) in [6.45, 7) is 2.83. The first kappa shape index (κ1) is 20.5. The van der Waals surface area contributed by atoms with Gasteiger partial charge in [0.05, 0.1) is 6.61 Å². The van der Waals surface area contributed by atoms with Crippen molar-refractivity contribution in [2.45, 2.75) is 19.8 Å². The highest BCUT2D eigenvalue weighted by Crippen LogP contribution is 2.35. The van der Waals surface area contributed by atoms with Gasteiger partial charge < -0.3 is 4.74 Å². The first-order valence-electron chi connectivity index (χ1n) is 9.56. The van der Waals surface area contributed by atoms with E-state index in [4.69, 9.17) is 27.9 Å². The largest absolute Gasteiger partial charge is 0.494 e. The normalized spacial score (nSPS) is 11.8. The molecule has 0 N–H and O–H groups in total. The van der Waals surface area contributed by atoms with E-state index >= 15 is 0 Å². The van der Waals surface area contributed by atoms with Gasteiger partial charge in [-0.25, -0.2) is 0 Å². The molecule has 0 unspecified atom stereocenters. The smallest absolute Gasteiger partial charge is 0.119 e. The van der Waals surface area contributed by atoms with Crippen molar-refractivity contribution in [3.63, 3.8) is 0 Å². The molecule has 144 valence electrons. The van der Waals surface area contributed by atoms with Crippen LogP contribution < -0.4 is 4.74 Å². The third-order valence-electron chi connectivity index (χ3n) is 4.52. The molecule has 0 amide bonds. The zero-order chi connectivity index (χ0) is 19.8. The van der Waals surface area contributed by atoms with Crippen LogP contribution in [0.25, 0.3) is 11.1 Å². The van der Waals surface area contributed by atoms with Gasteiger partial charge in [0.1, 0.15) is 5.75 Å². The Bertz CT molecular complexity index is 898. The number of halogens is 2. The Labute approximate surface area is 177 Å². The molecule has 3 aromatic carbocycles. The lowest BCUT2D eigenvalue weighted by Crippen LogP contribution is -1.98. The van der Waals surface area contributed by atoms with Gasteiger partial charge in [-0.1, -0.05) is 73.1 Å². The lowest BCUT2D eigenvalue weighted by Gasteiger charge is -2.17. The summed E-state index contributed by atoms with van der Waals surface area (Å²) in [5.41, 5.74) is 5.83. The molecule has 3 aromatic rings. The molecule has 0 heterocycles. The Kier molecular flexibility index (Phi) is 7.59. The fourth-order valence-electron chi connectivity index (χ4n) is 3.22. The lowest BCUT2D eigenvalue weighted by atomic mass is 9.88. The van der Waals surface area contributed by atoms with Crippen LogP contribution in [0.3, 0.4) is 0 Å². The maximum absolute atomic E-state index is 6.20. The van der Waals surface area contributed by atoms with Crippen molar-refractivity contribution in [1.82, 2.24) is 0 Å². The first-order valence-corrected chi connectivity index (χ1v) is 10.5. The zero-order valence-electron chi connectivity index (χ0n) is 16.0. The van der Waals surface area contributed by atoms with E-state index in [1.54, 1.807) is 0 Å². The van der Waals surface area contributed by atoms with Crippen molar-refractivity contribution in [1.29, 1.82) is 0 Å². The van der Waals surface area contributed by atoms with E-state index in [0.717, 1.165) is 41.3 Å². The Morgan fingerprint density at radius 2 is 1.39 bits per heavy atom. The first-order chi connectivity index (χ1) is 13.7. The SMILES string of the molecule is CCCOc1ccc(C(=C(CCCl)c2ccccc2)c2ccc(Cl)cc2)cc1. The second-order valence-electron chi connectivity index (χ2n) is 6.54. The summed E-state index contributed by atoms with van der Waals surface area (Å²) >= 11 is 12.3. The fraction of sp³-hybridized carbons (Fsp3) is 0.200. The molecule has 3 heteroatoms. The second-order valence-corrected chi connectivity index (χ2v) is 7.35. The van der Waals surface area contributed by atoms with Gasteiger partial charge in [0.25, 0.3) is 0 Å². The third kappa shape index (κ3) is 5.19. The minimum atomic E-state index is 0.555. The van der Waals surface area contributed by atoms with Crippen LogP contribution in [-0.2, 0) is 0 Å². The van der Waals surface area contributed by atoms with E-state index in [2.05, 4.69) is 55.5 Å². The number of hydrogen-bond acceptors (Lipinski definition) is 1. The van der Waals surface area contributed by atoms with Crippen molar-refractivity contribution in [3.05, 3.63) is 101 Å². The molecular weight excluding hydrogens is 387 g/mol. The van der Waals surface area contributed by atoms with Crippen molar-refractivity contribution in [2.75, 3.05) is 12.5 Å². The summed E-state index contributed by atoms with van der Waals surface area (Å²) in [6, 6.07) is 26.7. The Balaban J connectivity index is 2.15. The van der Waals surface area contributed by atoms with Crippen LogP contribution in [0.5, 0.6) is 5.75 Å². The molecule has 0 bridgehead atoms. The molecule has 28 heavy (non-hydrogen) atoms. The molecule has 3 rings (SSSR count). The lowest BCUT2D eigenvalue weighted by molar-refractivity contribution is 0.317. The molecule has 0 saturated heterocycles.